The molecule has 0 fully saturated rings. The number of rotatable bonds is 4. The average molecular weight is 342 g/mol. The zero-order chi connectivity index (χ0) is 13.1. The van der Waals surface area contributed by atoms with Gasteiger partial charge < -0.3 is 5.32 Å². The lowest BCUT2D eigenvalue weighted by Crippen LogP contribution is -2.34. The van der Waals surface area contributed by atoms with Crippen LogP contribution in [0.15, 0.2) is 22.7 Å². The first-order valence-electron chi connectivity index (χ1n) is 4.47. The van der Waals surface area contributed by atoms with E-state index in [1.165, 1.54) is 0 Å². The largest absolute Gasteiger partial charge is 0.376 e. The maximum atomic E-state index is 11.2. The van der Waals surface area contributed by atoms with Crippen molar-refractivity contribution in [3.05, 3.63) is 27.7 Å². The summed E-state index contributed by atoms with van der Waals surface area (Å²) in [6.45, 7) is -0.148. The van der Waals surface area contributed by atoms with Crippen molar-refractivity contribution >= 4 is 49.1 Å². The van der Waals surface area contributed by atoms with Gasteiger partial charge in [0.15, 0.2) is 0 Å². The number of amides is 1. The molecule has 0 saturated heterocycles. The number of halogens is 2. The van der Waals surface area contributed by atoms with Crippen molar-refractivity contribution in [3.8, 4) is 0 Å². The molecule has 0 heterocycles. The van der Waals surface area contributed by atoms with Gasteiger partial charge in [-0.3, -0.25) is 9.52 Å². The molecule has 1 amide bonds. The first kappa shape index (κ1) is 14.3. The Balaban J connectivity index is 2.56. The number of nitrogens with one attached hydrogen (secondary N) is 2. The van der Waals surface area contributed by atoms with Crippen molar-refractivity contribution in [2.24, 2.45) is 0 Å². The van der Waals surface area contributed by atoms with E-state index in [0.29, 0.717) is 10.7 Å². The van der Waals surface area contributed by atoms with Crippen LogP contribution in [-0.2, 0) is 14.8 Å². The van der Waals surface area contributed by atoms with Crippen molar-refractivity contribution in [3.63, 3.8) is 0 Å². The minimum atomic E-state index is -3.52. The highest BCUT2D eigenvalue weighted by atomic mass is 79.9. The third-order valence-corrected chi connectivity index (χ3v) is 3.50. The molecule has 0 radical (unpaired) electrons. The maximum Gasteiger partial charge on any atom is 0.252 e. The number of carbonyl (C=O) groups is 1. The van der Waals surface area contributed by atoms with Gasteiger partial charge in [0, 0.05) is 10.2 Å². The molecule has 0 unspecified atom stereocenters. The Bertz CT molecular complexity index is 533. The molecule has 0 aliphatic heterocycles. The quantitative estimate of drug-likeness (QED) is 0.872. The average Bonchev–Trinajstić information content (AvgIpc) is 2.17. The second kappa shape index (κ2) is 5.70. The normalized spacial score (nSPS) is 11.0. The van der Waals surface area contributed by atoms with Crippen LogP contribution in [0.2, 0.25) is 5.02 Å². The zero-order valence-electron chi connectivity index (χ0n) is 8.83. The molecule has 94 valence electrons. The number of hydrogen-bond donors (Lipinski definition) is 2. The summed E-state index contributed by atoms with van der Waals surface area (Å²) in [5, 5.41) is 3.25. The second-order valence-corrected chi connectivity index (χ2v) is 6.29. The Kier molecular flexibility index (Phi) is 4.79. The lowest BCUT2D eigenvalue weighted by molar-refractivity contribution is -0.117. The van der Waals surface area contributed by atoms with Crippen molar-refractivity contribution in [2.75, 3.05) is 18.1 Å². The molecule has 8 heteroatoms. The highest BCUT2D eigenvalue weighted by Gasteiger charge is 2.08. The molecule has 0 spiro atoms. The molecule has 0 aromatic heterocycles. The summed E-state index contributed by atoms with van der Waals surface area (Å²) in [4.78, 5) is 11.2. The first-order chi connectivity index (χ1) is 7.78. The van der Waals surface area contributed by atoms with E-state index in [0.717, 1.165) is 10.7 Å². The fourth-order valence-corrected chi connectivity index (χ4v) is 1.94. The van der Waals surface area contributed by atoms with Crippen LogP contribution in [-0.4, -0.2) is 27.1 Å². The summed E-state index contributed by atoms with van der Waals surface area (Å²) >= 11 is 9.08. The summed E-state index contributed by atoms with van der Waals surface area (Å²) in [5.74, 6) is -0.633. The van der Waals surface area contributed by atoms with E-state index in [2.05, 4.69) is 21.2 Å². The number of hydrogen-bond acceptors (Lipinski definition) is 4. The Morgan fingerprint density at radius 1 is 1.47 bits per heavy atom. The van der Waals surface area contributed by atoms with E-state index in [4.69, 9.17) is 11.6 Å². The van der Waals surface area contributed by atoms with Gasteiger partial charge in [-0.25, -0.2) is 8.42 Å². The van der Waals surface area contributed by atoms with Gasteiger partial charge in [-0.05, 0) is 34.1 Å². The van der Waals surface area contributed by atoms with E-state index < -0.39 is 15.9 Å². The molecule has 1 aromatic carbocycles. The Morgan fingerprint density at radius 3 is 2.65 bits per heavy atom. The van der Waals surface area contributed by atoms with E-state index in [1.54, 1.807) is 18.2 Å². The Hall–Kier alpha value is -0.790. The fourth-order valence-electron chi connectivity index (χ4n) is 1.03. The lowest BCUT2D eigenvalue weighted by Gasteiger charge is -2.07. The van der Waals surface area contributed by atoms with Crippen LogP contribution in [0.5, 0.6) is 0 Å². The molecule has 0 atom stereocenters. The number of carbonyl (C=O) groups excluding carboxylic acids is 1. The number of sulfonamides is 1. The molecule has 2 N–H and O–H groups in total. The second-order valence-electron chi connectivity index (χ2n) is 3.28. The molecule has 0 bridgehead atoms. The summed E-state index contributed by atoms with van der Waals surface area (Å²) in [6.07, 6.45) is 0.918. The third kappa shape index (κ3) is 5.38. The van der Waals surface area contributed by atoms with E-state index in [1.807, 2.05) is 4.72 Å². The monoisotopic (exact) mass is 340 g/mol. The smallest absolute Gasteiger partial charge is 0.252 e. The van der Waals surface area contributed by atoms with E-state index in [9.17, 15) is 13.2 Å². The topological polar surface area (TPSA) is 75.3 Å². The predicted octanol–water partition coefficient (Wildman–Crippen LogP) is 1.59. The molecule has 1 rings (SSSR count). The summed E-state index contributed by atoms with van der Waals surface area (Å²) in [7, 11) is -3.52. The van der Waals surface area contributed by atoms with Crippen LogP contribution in [0.3, 0.4) is 0 Å². The van der Waals surface area contributed by atoms with Gasteiger partial charge in [0.2, 0.25) is 10.0 Å². The van der Waals surface area contributed by atoms with Crippen LogP contribution < -0.4 is 10.0 Å². The molecule has 0 aliphatic rings. The SMILES string of the molecule is CS(=O)(=O)NC(=O)CNc1ccc(Br)c(Cl)c1. The highest BCUT2D eigenvalue weighted by molar-refractivity contribution is 9.10. The van der Waals surface area contributed by atoms with Crippen LogP contribution in [0.25, 0.3) is 0 Å². The summed E-state index contributed by atoms with van der Waals surface area (Å²) < 4.78 is 24.1. The zero-order valence-corrected chi connectivity index (χ0v) is 12.0. The minimum Gasteiger partial charge on any atom is -0.376 e. The van der Waals surface area contributed by atoms with Gasteiger partial charge in [0.1, 0.15) is 0 Å². The Morgan fingerprint density at radius 2 is 2.12 bits per heavy atom. The van der Waals surface area contributed by atoms with Gasteiger partial charge in [0.05, 0.1) is 17.8 Å². The van der Waals surface area contributed by atoms with Crippen LogP contribution in [0, 0.1) is 0 Å². The highest BCUT2D eigenvalue weighted by Crippen LogP contribution is 2.25. The van der Waals surface area contributed by atoms with Gasteiger partial charge >= 0.3 is 0 Å². The maximum absolute atomic E-state index is 11.2. The van der Waals surface area contributed by atoms with Crippen LogP contribution >= 0.6 is 27.5 Å². The number of benzene rings is 1. The predicted molar refractivity (Wildman–Crippen MR) is 70.6 cm³/mol. The summed E-state index contributed by atoms with van der Waals surface area (Å²) in [6, 6.07) is 5.06. The molecule has 5 nitrogen and oxygen atoms in total. The van der Waals surface area contributed by atoms with Crippen molar-refractivity contribution in [2.45, 2.75) is 0 Å². The molecule has 0 saturated carbocycles. The summed E-state index contributed by atoms with van der Waals surface area (Å²) in [5.41, 5.74) is 0.627. The molecule has 17 heavy (non-hydrogen) atoms. The molecule has 0 aliphatic carbocycles. The standard InChI is InChI=1S/C9H10BrClN2O3S/c1-17(15,16)13-9(14)5-12-6-2-3-7(10)8(11)4-6/h2-4,12H,5H2,1H3,(H,13,14). The number of anilines is 1. The fraction of sp³-hybridized carbons (Fsp3) is 0.222. The first-order valence-corrected chi connectivity index (χ1v) is 7.54. The van der Waals surface area contributed by atoms with Gasteiger partial charge in [-0.15, -0.1) is 0 Å². The minimum absolute atomic E-state index is 0.148. The molecular formula is C9H10BrClN2O3S. The van der Waals surface area contributed by atoms with Crippen LogP contribution in [0.4, 0.5) is 5.69 Å². The molecular weight excluding hydrogens is 332 g/mol. The van der Waals surface area contributed by atoms with Crippen molar-refractivity contribution in [1.82, 2.24) is 4.72 Å². The lowest BCUT2D eigenvalue weighted by atomic mass is 10.3. The molecule has 1 aromatic rings. The van der Waals surface area contributed by atoms with Crippen molar-refractivity contribution < 1.29 is 13.2 Å². The van der Waals surface area contributed by atoms with Crippen molar-refractivity contribution in [1.29, 1.82) is 0 Å². The van der Waals surface area contributed by atoms with E-state index >= 15 is 0 Å². The van der Waals surface area contributed by atoms with Gasteiger partial charge in [-0.2, -0.15) is 0 Å². The third-order valence-electron chi connectivity index (χ3n) is 1.67. The Labute approximate surface area is 113 Å². The van der Waals surface area contributed by atoms with Gasteiger partial charge in [0.25, 0.3) is 5.91 Å². The van der Waals surface area contributed by atoms with Crippen LogP contribution in [0.1, 0.15) is 0 Å². The van der Waals surface area contributed by atoms with Gasteiger partial charge in [-0.1, -0.05) is 11.6 Å². The van der Waals surface area contributed by atoms with E-state index in [-0.39, 0.29) is 6.54 Å².